The molecule has 0 bridgehead atoms. The fourth-order valence-corrected chi connectivity index (χ4v) is 4.56. The number of aryl methyl sites for hydroxylation is 2. The SMILES string of the molecule is CCOC(=O)C1=C(c2scnc2C)c2ccc(OCCCc3ccccc3)cc2C1=O. The van der Waals surface area contributed by atoms with Gasteiger partial charge in [-0.3, -0.25) is 4.79 Å². The lowest BCUT2D eigenvalue weighted by atomic mass is 10.0. The van der Waals surface area contributed by atoms with E-state index in [0.29, 0.717) is 23.5 Å². The molecule has 0 amide bonds. The lowest BCUT2D eigenvalue weighted by Crippen LogP contribution is -2.14. The molecule has 0 fully saturated rings. The maximum absolute atomic E-state index is 13.2. The number of ketones is 1. The van der Waals surface area contributed by atoms with Gasteiger partial charge in [0.1, 0.15) is 11.3 Å². The summed E-state index contributed by atoms with van der Waals surface area (Å²) in [6.07, 6.45) is 1.79. The van der Waals surface area contributed by atoms with E-state index in [2.05, 4.69) is 17.1 Å². The normalized spacial score (nSPS) is 12.8. The smallest absolute Gasteiger partial charge is 0.342 e. The van der Waals surface area contributed by atoms with Crippen LogP contribution in [0.5, 0.6) is 5.75 Å². The fraction of sp³-hybridized carbons (Fsp3) is 0.240. The first-order valence-corrected chi connectivity index (χ1v) is 11.2. The lowest BCUT2D eigenvalue weighted by Gasteiger charge is -2.09. The molecule has 0 atom stereocenters. The first-order chi connectivity index (χ1) is 15.1. The molecule has 1 aliphatic rings. The van der Waals surface area contributed by atoms with Crippen molar-refractivity contribution in [1.82, 2.24) is 4.98 Å². The van der Waals surface area contributed by atoms with Crippen LogP contribution in [0.2, 0.25) is 0 Å². The second kappa shape index (κ2) is 9.27. The van der Waals surface area contributed by atoms with Crippen molar-refractivity contribution in [2.75, 3.05) is 13.2 Å². The summed E-state index contributed by atoms with van der Waals surface area (Å²) in [6.45, 7) is 4.34. The third-order valence-electron chi connectivity index (χ3n) is 5.16. The predicted molar refractivity (Wildman–Crippen MR) is 121 cm³/mol. The van der Waals surface area contributed by atoms with Crippen molar-refractivity contribution in [3.63, 3.8) is 0 Å². The monoisotopic (exact) mass is 433 g/mol. The number of hydrogen-bond acceptors (Lipinski definition) is 6. The maximum atomic E-state index is 13.2. The third kappa shape index (κ3) is 4.30. The van der Waals surface area contributed by atoms with Crippen LogP contribution in [0.25, 0.3) is 5.57 Å². The third-order valence-corrected chi connectivity index (χ3v) is 6.10. The number of nitrogens with zero attached hydrogens (tertiary/aromatic N) is 1. The van der Waals surface area contributed by atoms with Gasteiger partial charge < -0.3 is 9.47 Å². The number of esters is 1. The summed E-state index contributed by atoms with van der Waals surface area (Å²) in [7, 11) is 0. The van der Waals surface area contributed by atoms with Crippen molar-refractivity contribution >= 4 is 28.7 Å². The van der Waals surface area contributed by atoms with Crippen molar-refractivity contribution in [3.05, 3.63) is 86.9 Å². The van der Waals surface area contributed by atoms with Gasteiger partial charge in [0, 0.05) is 11.1 Å². The number of benzene rings is 2. The van der Waals surface area contributed by atoms with Gasteiger partial charge in [-0.1, -0.05) is 30.3 Å². The minimum Gasteiger partial charge on any atom is -0.494 e. The molecule has 0 saturated carbocycles. The van der Waals surface area contributed by atoms with Crippen LogP contribution in [0.3, 0.4) is 0 Å². The first-order valence-electron chi connectivity index (χ1n) is 10.3. The fourth-order valence-electron chi connectivity index (χ4n) is 3.69. The molecule has 2 aromatic carbocycles. The number of Topliss-reactive ketones (excluding diaryl/α,β-unsaturated/α-hetero) is 1. The van der Waals surface area contributed by atoms with Gasteiger partial charge in [-0.25, -0.2) is 9.78 Å². The van der Waals surface area contributed by atoms with Crippen LogP contribution >= 0.6 is 11.3 Å². The van der Waals surface area contributed by atoms with Gasteiger partial charge in [0.15, 0.2) is 0 Å². The van der Waals surface area contributed by atoms with Crippen LogP contribution in [-0.4, -0.2) is 30.0 Å². The Bertz CT molecular complexity index is 1150. The van der Waals surface area contributed by atoms with Crippen molar-refractivity contribution in [3.8, 4) is 5.75 Å². The quantitative estimate of drug-likeness (QED) is 0.283. The van der Waals surface area contributed by atoms with Crippen LogP contribution in [0.1, 0.15) is 45.4 Å². The highest BCUT2D eigenvalue weighted by Gasteiger charge is 2.37. The van der Waals surface area contributed by atoms with Crippen LogP contribution in [0, 0.1) is 6.92 Å². The van der Waals surface area contributed by atoms with Gasteiger partial charge >= 0.3 is 5.97 Å². The molecular formula is C25H23NO4S. The minimum absolute atomic E-state index is 0.0745. The zero-order valence-corrected chi connectivity index (χ0v) is 18.3. The maximum Gasteiger partial charge on any atom is 0.342 e. The molecule has 6 heteroatoms. The van der Waals surface area contributed by atoms with Gasteiger partial charge in [-0.15, -0.1) is 11.3 Å². The Morgan fingerprint density at radius 3 is 2.61 bits per heavy atom. The van der Waals surface area contributed by atoms with E-state index in [4.69, 9.17) is 9.47 Å². The molecule has 31 heavy (non-hydrogen) atoms. The molecule has 1 heterocycles. The van der Waals surface area contributed by atoms with Gasteiger partial charge in [-0.2, -0.15) is 0 Å². The average molecular weight is 434 g/mol. The van der Waals surface area contributed by atoms with E-state index >= 15 is 0 Å². The van der Waals surface area contributed by atoms with Crippen molar-refractivity contribution in [1.29, 1.82) is 0 Å². The van der Waals surface area contributed by atoms with Crippen LogP contribution < -0.4 is 4.74 Å². The Labute approximate surface area is 185 Å². The van der Waals surface area contributed by atoms with E-state index in [9.17, 15) is 9.59 Å². The summed E-state index contributed by atoms with van der Waals surface area (Å²) < 4.78 is 11.1. The molecule has 5 nitrogen and oxygen atoms in total. The molecule has 3 aromatic rings. The Morgan fingerprint density at radius 2 is 1.90 bits per heavy atom. The highest BCUT2D eigenvalue weighted by atomic mass is 32.1. The van der Waals surface area contributed by atoms with Gasteiger partial charge in [0.25, 0.3) is 0 Å². The molecule has 158 valence electrons. The largest absolute Gasteiger partial charge is 0.494 e. The summed E-state index contributed by atoms with van der Waals surface area (Å²) in [4.78, 5) is 30.9. The topological polar surface area (TPSA) is 65.5 Å². The Balaban J connectivity index is 1.56. The summed E-state index contributed by atoms with van der Waals surface area (Å²) in [6, 6.07) is 15.7. The van der Waals surface area contributed by atoms with Crippen LogP contribution in [-0.2, 0) is 16.0 Å². The molecule has 1 aromatic heterocycles. The number of aromatic nitrogens is 1. The van der Waals surface area contributed by atoms with Gasteiger partial charge in [-0.05, 0) is 56.0 Å². The highest BCUT2D eigenvalue weighted by molar-refractivity contribution is 7.11. The molecule has 0 saturated heterocycles. The van der Waals surface area contributed by atoms with Gasteiger partial charge in [0.2, 0.25) is 5.78 Å². The average Bonchev–Trinajstić information content (AvgIpc) is 3.32. The number of carbonyl (C=O) groups is 2. The summed E-state index contributed by atoms with van der Waals surface area (Å²) in [5.74, 6) is -0.312. The highest BCUT2D eigenvalue weighted by Crippen LogP contribution is 2.41. The number of ether oxygens (including phenoxy) is 2. The zero-order valence-electron chi connectivity index (χ0n) is 17.5. The Hall–Kier alpha value is -3.25. The standard InChI is InChI=1S/C25H23NO4S/c1-3-29-25(28)22-21(24-16(2)26-15-31-24)19-12-11-18(14-20(19)23(22)27)30-13-7-10-17-8-5-4-6-9-17/h4-6,8-9,11-12,14-15H,3,7,10,13H2,1-2H3. The van der Waals surface area contributed by atoms with Crippen molar-refractivity contribution in [2.24, 2.45) is 0 Å². The second-order valence-electron chi connectivity index (χ2n) is 7.21. The van der Waals surface area contributed by atoms with Crippen molar-refractivity contribution < 1.29 is 19.1 Å². The number of rotatable bonds is 8. The van der Waals surface area contributed by atoms with Gasteiger partial charge in [0.05, 0.1) is 29.3 Å². The predicted octanol–water partition coefficient (Wildman–Crippen LogP) is 5.02. The number of thiazole rings is 1. The number of fused-ring (bicyclic) bond motifs is 1. The van der Waals surface area contributed by atoms with E-state index < -0.39 is 5.97 Å². The van der Waals surface area contributed by atoms with E-state index in [1.54, 1.807) is 18.5 Å². The molecule has 0 radical (unpaired) electrons. The number of carbonyl (C=O) groups excluding carboxylic acids is 2. The van der Waals surface area contributed by atoms with E-state index in [1.807, 2.05) is 37.3 Å². The van der Waals surface area contributed by atoms with Crippen LogP contribution in [0.15, 0.2) is 59.6 Å². The molecule has 4 rings (SSSR count). The van der Waals surface area contributed by atoms with Crippen LogP contribution in [0.4, 0.5) is 0 Å². The minimum atomic E-state index is -0.600. The zero-order chi connectivity index (χ0) is 21.8. The number of hydrogen-bond donors (Lipinski definition) is 0. The Morgan fingerprint density at radius 1 is 1.10 bits per heavy atom. The molecular weight excluding hydrogens is 410 g/mol. The summed E-state index contributed by atoms with van der Waals surface area (Å²) in [5, 5.41) is 0. The first kappa shape index (κ1) is 21.0. The summed E-state index contributed by atoms with van der Waals surface area (Å²) in [5.41, 5.74) is 5.63. The lowest BCUT2D eigenvalue weighted by molar-refractivity contribution is -0.137. The van der Waals surface area contributed by atoms with E-state index in [-0.39, 0.29) is 18.0 Å². The molecule has 0 aliphatic heterocycles. The van der Waals surface area contributed by atoms with Crippen molar-refractivity contribution in [2.45, 2.75) is 26.7 Å². The molecule has 0 N–H and O–H groups in total. The second-order valence-corrected chi connectivity index (χ2v) is 8.07. The van der Waals surface area contributed by atoms with E-state index in [1.165, 1.54) is 16.9 Å². The summed E-state index contributed by atoms with van der Waals surface area (Å²) >= 11 is 1.41. The Kier molecular flexibility index (Phi) is 6.28. The van der Waals surface area contributed by atoms with E-state index in [0.717, 1.165) is 29.0 Å². The molecule has 1 aliphatic carbocycles. The molecule has 0 unspecified atom stereocenters. The molecule has 0 spiro atoms.